The third-order valence-corrected chi connectivity index (χ3v) is 16.8. The molecule has 3 N–H and O–H groups in total. The van der Waals surface area contributed by atoms with Gasteiger partial charge in [0.25, 0.3) is 0 Å². The third kappa shape index (κ3) is 58.8. The predicted molar refractivity (Wildman–Crippen MR) is 331 cm³/mol. The number of carbonyl (C=O) groups is 4. The van der Waals surface area contributed by atoms with Gasteiger partial charge in [-0.2, -0.15) is 0 Å². The van der Waals surface area contributed by atoms with E-state index >= 15 is 0 Å². The van der Waals surface area contributed by atoms with Gasteiger partial charge in [0.15, 0.2) is 12.2 Å². The van der Waals surface area contributed by atoms with E-state index in [9.17, 15) is 43.2 Å². The molecule has 492 valence electrons. The van der Waals surface area contributed by atoms with Gasteiger partial charge in [-0.3, -0.25) is 37.3 Å². The van der Waals surface area contributed by atoms with Gasteiger partial charge in [-0.25, -0.2) is 9.13 Å². The molecule has 19 heteroatoms. The summed E-state index contributed by atoms with van der Waals surface area (Å²) in [6.07, 6.45) is 44.3. The second kappa shape index (κ2) is 59.0. The number of ether oxygens (including phenoxy) is 4. The van der Waals surface area contributed by atoms with Gasteiger partial charge in [0.2, 0.25) is 0 Å². The van der Waals surface area contributed by atoms with Crippen molar-refractivity contribution in [3.8, 4) is 0 Å². The first-order chi connectivity index (χ1) is 40.2. The summed E-state index contributed by atoms with van der Waals surface area (Å²) >= 11 is 0. The monoisotopic (exact) mass is 1230 g/mol. The van der Waals surface area contributed by atoms with Crippen LogP contribution in [0.3, 0.4) is 0 Å². The minimum Gasteiger partial charge on any atom is -0.462 e. The number of hydrogen-bond acceptors (Lipinski definition) is 15. The Hall–Kier alpha value is -1.94. The van der Waals surface area contributed by atoms with Crippen LogP contribution in [0, 0.1) is 0 Å². The average molecular weight is 1230 g/mol. The van der Waals surface area contributed by atoms with Crippen molar-refractivity contribution in [3.63, 3.8) is 0 Å². The van der Waals surface area contributed by atoms with E-state index in [-0.39, 0.29) is 25.7 Å². The molecule has 0 saturated carbocycles. The van der Waals surface area contributed by atoms with Crippen LogP contribution in [-0.2, 0) is 65.4 Å². The Balaban J connectivity index is 5.22. The Kier molecular flexibility index (Phi) is 57.7. The van der Waals surface area contributed by atoms with Gasteiger partial charge in [0, 0.05) is 25.7 Å². The molecule has 0 aromatic rings. The number of aliphatic hydroxyl groups is 1. The van der Waals surface area contributed by atoms with Crippen molar-refractivity contribution in [2.24, 2.45) is 0 Å². The van der Waals surface area contributed by atoms with E-state index in [1.165, 1.54) is 161 Å². The van der Waals surface area contributed by atoms with E-state index in [4.69, 9.17) is 37.0 Å². The molecule has 0 radical (unpaired) electrons. The summed E-state index contributed by atoms with van der Waals surface area (Å²) in [4.78, 5) is 72.1. The molecule has 0 heterocycles. The first-order valence-corrected chi connectivity index (χ1v) is 36.8. The Morgan fingerprint density at radius 2 is 0.482 bits per heavy atom. The third-order valence-electron chi connectivity index (χ3n) is 14.9. The van der Waals surface area contributed by atoms with E-state index < -0.39 is 97.5 Å². The first-order valence-electron chi connectivity index (χ1n) is 33.8. The van der Waals surface area contributed by atoms with Crippen molar-refractivity contribution in [1.29, 1.82) is 0 Å². The lowest BCUT2D eigenvalue weighted by Gasteiger charge is -2.21. The summed E-state index contributed by atoms with van der Waals surface area (Å²) < 4.78 is 67.9. The molecule has 0 amide bonds. The summed E-state index contributed by atoms with van der Waals surface area (Å²) in [6.45, 7) is 4.87. The number of carbonyl (C=O) groups excluding carboxylic acids is 4. The molecule has 17 nitrogen and oxygen atoms in total. The number of unbranched alkanes of at least 4 members (excludes halogenated alkanes) is 39. The highest BCUT2D eigenvalue weighted by atomic mass is 31.2. The largest absolute Gasteiger partial charge is 0.472 e. The lowest BCUT2D eigenvalue weighted by atomic mass is 10.0. The molecule has 0 aliphatic carbocycles. The van der Waals surface area contributed by atoms with E-state index in [2.05, 4.69) is 27.7 Å². The standard InChI is InChI=1S/C64H124O17P2/c1-5-9-13-17-21-25-27-28-29-31-35-39-43-47-51-64(69)81-60(55-75-62(67)49-45-41-37-34-30-26-22-18-14-10-6-2)57-79-83(72,73)77-53-58(65)52-76-82(70,71)78-56-59(80-63(68)50-46-42-38-33-24-20-16-12-8-4)54-74-61(66)48-44-40-36-32-23-19-15-11-7-3/h58-60,65H,5-57H2,1-4H3,(H,70,71)(H,72,73)/t58-,59+,60+/m0/s1. The van der Waals surface area contributed by atoms with Crippen molar-refractivity contribution < 1.29 is 80.2 Å². The zero-order chi connectivity index (χ0) is 61.2. The highest BCUT2D eigenvalue weighted by molar-refractivity contribution is 7.47. The maximum absolute atomic E-state index is 13.0. The summed E-state index contributed by atoms with van der Waals surface area (Å²) in [5.74, 6) is -2.13. The minimum absolute atomic E-state index is 0.106. The normalized spacial score (nSPS) is 14.2. The molecule has 0 aromatic heterocycles. The molecule has 0 saturated heterocycles. The van der Waals surface area contributed by atoms with Crippen LogP contribution in [0.4, 0.5) is 0 Å². The molecule has 0 rings (SSSR count). The maximum Gasteiger partial charge on any atom is 0.472 e. The summed E-state index contributed by atoms with van der Waals surface area (Å²) in [6, 6.07) is 0. The zero-order valence-corrected chi connectivity index (χ0v) is 54.9. The molecule has 0 aromatic carbocycles. The van der Waals surface area contributed by atoms with Gasteiger partial charge in [-0.05, 0) is 25.7 Å². The smallest absolute Gasteiger partial charge is 0.462 e. The van der Waals surface area contributed by atoms with Gasteiger partial charge in [-0.1, -0.05) is 278 Å². The van der Waals surface area contributed by atoms with Crippen molar-refractivity contribution in [2.75, 3.05) is 39.6 Å². The van der Waals surface area contributed by atoms with Gasteiger partial charge >= 0.3 is 39.5 Å². The van der Waals surface area contributed by atoms with E-state index in [0.717, 1.165) is 89.9 Å². The molecule has 0 aliphatic rings. The maximum atomic E-state index is 13.0. The topological polar surface area (TPSA) is 237 Å². The fourth-order valence-corrected chi connectivity index (χ4v) is 11.2. The number of phosphoric ester groups is 2. The fraction of sp³-hybridized carbons (Fsp3) is 0.938. The van der Waals surface area contributed by atoms with Crippen LogP contribution in [0.25, 0.3) is 0 Å². The van der Waals surface area contributed by atoms with Gasteiger partial charge < -0.3 is 33.8 Å². The second-order valence-electron chi connectivity index (χ2n) is 23.2. The molecular weight excluding hydrogens is 1100 g/mol. The van der Waals surface area contributed by atoms with Crippen LogP contribution < -0.4 is 0 Å². The highest BCUT2D eigenvalue weighted by Crippen LogP contribution is 2.45. The minimum atomic E-state index is -4.94. The van der Waals surface area contributed by atoms with Gasteiger partial charge in [0.1, 0.15) is 19.3 Å². The molecule has 0 aliphatic heterocycles. The molecule has 83 heavy (non-hydrogen) atoms. The number of aliphatic hydroxyl groups excluding tert-OH is 1. The van der Waals surface area contributed by atoms with E-state index in [0.29, 0.717) is 25.7 Å². The van der Waals surface area contributed by atoms with Crippen LogP contribution in [0.15, 0.2) is 0 Å². The number of esters is 4. The zero-order valence-electron chi connectivity index (χ0n) is 53.2. The Labute approximate surface area is 505 Å². The lowest BCUT2D eigenvalue weighted by molar-refractivity contribution is -0.161. The summed E-state index contributed by atoms with van der Waals surface area (Å²) in [5.41, 5.74) is 0. The van der Waals surface area contributed by atoms with Crippen LogP contribution in [-0.4, -0.2) is 96.7 Å². The SMILES string of the molecule is CCCCCCCCCCCCCCCCC(=O)O[C@H](COC(=O)CCCCCCCCCCCCC)COP(=O)(O)OC[C@@H](O)COP(=O)(O)OC[C@@H](COC(=O)CCCCCCCCCCC)OC(=O)CCCCCCCCCCC. The van der Waals surface area contributed by atoms with Gasteiger partial charge in [0.05, 0.1) is 26.4 Å². The Morgan fingerprint density at radius 1 is 0.289 bits per heavy atom. The molecule has 2 unspecified atom stereocenters. The summed E-state index contributed by atoms with van der Waals surface area (Å²) in [7, 11) is -9.88. The number of phosphoric acid groups is 2. The van der Waals surface area contributed by atoms with Crippen LogP contribution in [0.5, 0.6) is 0 Å². The first kappa shape index (κ1) is 81.1. The Morgan fingerprint density at radius 3 is 0.711 bits per heavy atom. The number of hydrogen-bond donors (Lipinski definition) is 3. The van der Waals surface area contributed by atoms with Gasteiger partial charge in [-0.15, -0.1) is 0 Å². The van der Waals surface area contributed by atoms with Crippen LogP contribution in [0.1, 0.15) is 329 Å². The molecule has 0 spiro atoms. The van der Waals surface area contributed by atoms with Crippen molar-refractivity contribution in [1.82, 2.24) is 0 Å². The highest BCUT2D eigenvalue weighted by Gasteiger charge is 2.30. The molecule has 0 bridgehead atoms. The molecule has 5 atom stereocenters. The molecule has 0 fully saturated rings. The Bertz CT molecular complexity index is 1600. The second-order valence-corrected chi connectivity index (χ2v) is 26.1. The number of rotatable bonds is 65. The average Bonchev–Trinajstić information content (AvgIpc) is 3.48. The predicted octanol–water partition coefficient (Wildman–Crippen LogP) is 17.9. The summed E-state index contributed by atoms with van der Waals surface area (Å²) in [5, 5.41) is 10.5. The van der Waals surface area contributed by atoms with Crippen LogP contribution in [0.2, 0.25) is 0 Å². The van der Waals surface area contributed by atoms with Crippen molar-refractivity contribution in [2.45, 2.75) is 348 Å². The fourth-order valence-electron chi connectivity index (χ4n) is 9.63. The quantitative estimate of drug-likeness (QED) is 0.0222. The van der Waals surface area contributed by atoms with E-state index in [1.54, 1.807) is 0 Å². The van der Waals surface area contributed by atoms with E-state index in [1.807, 2.05) is 0 Å². The van der Waals surface area contributed by atoms with Crippen molar-refractivity contribution in [3.05, 3.63) is 0 Å². The lowest BCUT2D eigenvalue weighted by Crippen LogP contribution is -2.30. The van der Waals surface area contributed by atoms with Crippen LogP contribution >= 0.6 is 15.6 Å². The molecular formula is C64H124O17P2. The van der Waals surface area contributed by atoms with Crippen molar-refractivity contribution >= 4 is 39.5 Å².